The maximum absolute atomic E-state index is 12.3. The van der Waals surface area contributed by atoms with Crippen molar-refractivity contribution in [1.82, 2.24) is 4.90 Å². The van der Waals surface area contributed by atoms with E-state index in [1.54, 1.807) is 4.90 Å². The number of benzene rings is 1. The van der Waals surface area contributed by atoms with E-state index in [9.17, 15) is 14.7 Å². The molecule has 0 aromatic heterocycles. The lowest BCUT2D eigenvalue weighted by atomic mass is 9.89. The quantitative estimate of drug-likeness (QED) is 0.903. The Labute approximate surface area is 119 Å². The fourth-order valence-electron chi connectivity index (χ4n) is 3.02. The number of aryl methyl sites for hydroxylation is 1. The van der Waals surface area contributed by atoms with Crippen molar-refractivity contribution in [3.05, 3.63) is 35.4 Å². The molecule has 1 heterocycles. The molecule has 20 heavy (non-hydrogen) atoms. The number of hydrogen-bond acceptors (Lipinski definition) is 2. The van der Waals surface area contributed by atoms with Crippen molar-refractivity contribution in [2.45, 2.75) is 45.7 Å². The van der Waals surface area contributed by atoms with Gasteiger partial charge >= 0.3 is 5.97 Å². The molecule has 1 aliphatic rings. The summed E-state index contributed by atoms with van der Waals surface area (Å²) in [5.74, 6) is -1.67. The Morgan fingerprint density at radius 3 is 2.40 bits per heavy atom. The minimum absolute atomic E-state index is 0.0750. The zero-order valence-corrected chi connectivity index (χ0v) is 12.4. The Bertz CT molecular complexity index is 545. The summed E-state index contributed by atoms with van der Waals surface area (Å²) in [6.07, 6.45) is 0.0750. The Balaban J connectivity index is 2.55. The Kier molecular flexibility index (Phi) is 3.59. The van der Waals surface area contributed by atoms with Crippen molar-refractivity contribution in [1.29, 1.82) is 0 Å². The Morgan fingerprint density at radius 1 is 1.30 bits per heavy atom. The molecule has 0 aliphatic carbocycles. The molecule has 4 nitrogen and oxygen atoms in total. The second-order valence-corrected chi connectivity index (χ2v) is 6.38. The van der Waals surface area contributed by atoms with E-state index in [1.807, 2.05) is 52.0 Å². The molecule has 108 valence electrons. The van der Waals surface area contributed by atoms with Crippen molar-refractivity contribution in [2.24, 2.45) is 5.92 Å². The molecule has 1 aromatic rings. The van der Waals surface area contributed by atoms with Crippen LogP contribution in [0.4, 0.5) is 0 Å². The smallest absolute Gasteiger partial charge is 0.309 e. The lowest BCUT2D eigenvalue weighted by Crippen LogP contribution is -2.44. The number of rotatable bonds is 2. The first kappa shape index (κ1) is 14.6. The first-order chi connectivity index (χ1) is 9.23. The highest BCUT2D eigenvalue weighted by molar-refractivity contribution is 5.88. The van der Waals surface area contributed by atoms with Crippen LogP contribution in [0.5, 0.6) is 0 Å². The van der Waals surface area contributed by atoms with Gasteiger partial charge in [-0.15, -0.1) is 0 Å². The number of likely N-dealkylation sites (tertiary alicyclic amines) is 1. The van der Waals surface area contributed by atoms with Crippen LogP contribution in [0, 0.1) is 12.8 Å². The largest absolute Gasteiger partial charge is 0.481 e. The maximum atomic E-state index is 12.3. The Hall–Kier alpha value is -1.84. The second-order valence-electron chi connectivity index (χ2n) is 6.38. The van der Waals surface area contributed by atoms with Gasteiger partial charge in [-0.2, -0.15) is 0 Å². The lowest BCUT2D eigenvalue weighted by Gasteiger charge is -2.38. The van der Waals surface area contributed by atoms with Gasteiger partial charge in [0.05, 0.1) is 12.0 Å². The van der Waals surface area contributed by atoms with E-state index in [0.29, 0.717) is 0 Å². The van der Waals surface area contributed by atoms with E-state index in [0.717, 1.165) is 11.1 Å². The molecular formula is C16H21NO3. The average molecular weight is 275 g/mol. The van der Waals surface area contributed by atoms with Crippen LogP contribution in [0.2, 0.25) is 0 Å². The van der Waals surface area contributed by atoms with Crippen LogP contribution in [0.3, 0.4) is 0 Å². The topological polar surface area (TPSA) is 57.6 Å². The van der Waals surface area contributed by atoms with Crippen molar-refractivity contribution < 1.29 is 14.7 Å². The van der Waals surface area contributed by atoms with Crippen molar-refractivity contribution in [3.8, 4) is 0 Å². The third-order valence-corrected chi connectivity index (χ3v) is 3.87. The van der Waals surface area contributed by atoms with Crippen molar-refractivity contribution >= 4 is 11.9 Å². The number of carbonyl (C=O) groups is 2. The molecule has 4 heteroatoms. The summed E-state index contributed by atoms with van der Waals surface area (Å²) >= 11 is 0. The number of aliphatic carboxylic acids is 1. The summed E-state index contributed by atoms with van der Waals surface area (Å²) in [5, 5.41) is 9.46. The van der Waals surface area contributed by atoms with E-state index >= 15 is 0 Å². The molecule has 0 saturated carbocycles. The van der Waals surface area contributed by atoms with E-state index in [4.69, 9.17) is 0 Å². The van der Waals surface area contributed by atoms with Crippen LogP contribution < -0.4 is 0 Å². The maximum Gasteiger partial charge on any atom is 0.309 e. The van der Waals surface area contributed by atoms with Gasteiger partial charge < -0.3 is 10.0 Å². The molecule has 2 atom stereocenters. The first-order valence-corrected chi connectivity index (χ1v) is 6.84. The number of carboxylic acid groups (broad SMARTS) is 1. The van der Waals surface area contributed by atoms with Crippen molar-refractivity contribution in [2.75, 3.05) is 0 Å². The summed E-state index contributed by atoms with van der Waals surface area (Å²) in [4.78, 5) is 25.6. The highest BCUT2D eigenvalue weighted by atomic mass is 16.4. The zero-order valence-electron chi connectivity index (χ0n) is 12.4. The predicted octanol–water partition coefficient (Wildman–Crippen LogP) is 2.77. The fraction of sp³-hybridized carbons (Fsp3) is 0.500. The first-order valence-electron chi connectivity index (χ1n) is 6.84. The molecule has 1 saturated heterocycles. The van der Waals surface area contributed by atoms with E-state index in [1.165, 1.54) is 0 Å². The highest BCUT2D eigenvalue weighted by Crippen LogP contribution is 2.43. The minimum atomic E-state index is -0.904. The Morgan fingerprint density at radius 2 is 1.90 bits per heavy atom. The van der Waals surface area contributed by atoms with Gasteiger partial charge in [-0.1, -0.05) is 24.3 Å². The monoisotopic (exact) mass is 275 g/mol. The van der Waals surface area contributed by atoms with Gasteiger partial charge in [0.1, 0.15) is 0 Å². The van der Waals surface area contributed by atoms with Gasteiger partial charge in [-0.3, -0.25) is 9.59 Å². The van der Waals surface area contributed by atoms with E-state index in [-0.39, 0.29) is 18.4 Å². The molecule has 0 radical (unpaired) electrons. The van der Waals surface area contributed by atoms with Crippen LogP contribution in [0.15, 0.2) is 24.3 Å². The minimum Gasteiger partial charge on any atom is -0.481 e. The van der Waals surface area contributed by atoms with Crippen LogP contribution in [0.1, 0.15) is 44.4 Å². The molecule has 1 N–H and O–H groups in total. The predicted molar refractivity (Wildman–Crippen MR) is 76.3 cm³/mol. The SMILES string of the molecule is Cc1ccccc1C1C(C(=O)O)CC(=O)N1C(C)(C)C. The van der Waals surface area contributed by atoms with E-state index < -0.39 is 17.4 Å². The number of hydrogen-bond donors (Lipinski definition) is 1. The van der Waals surface area contributed by atoms with Gasteiger partial charge in [-0.05, 0) is 38.8 Å². The summed E-state index contributed by atoms with van der Waals surface area (Å²) in [6.45, 7) is 7.79. The molecule has 2 rings (SSSR count). The highest BCUT2D eigenvalue weighted by Gasteiger charge is 2.48. The van der Waals surface area contributed by atoms with Gasteiger partial charge in [-0.25, -0.2) is 0 Å². The van der Waals surface area contributed by atoms with Gasteiger partial charge in [0.15, 0.2) is 0 Å². The third kappa shape index (κ3) is 2.42. The molecule has 0 spiro atoms. The third-order valence-electron chi connectivity index (χ3n) is 3.87. The summed E-state index contributed by atoms with van der Waals surface area (Å²) in [7, 11) is 0. The number of nitrogens with zero attached hydrogens (tertiary/aromatic N) is 1. The summed E-state index contributed by atoms with van der Waals surface area (Å²) in [6, 6.07) is 7.31. The van der Waals surface area contributed by atoms with Crippen LogP contribution in [-0.2, 0) is 9.59 Å². The number of amides is 1. The van der Waals surface area contributed by atoms with Gasteiger partial charge in [0.2, 0.25) is 5.91 Å². The standard InChI is InChI=1S/C16H21NO3/c1-10-7-5-6-8-11(10)14-12(15(19)20)9-13(18)17(14)16(2,3)4/h5-8,12,14H,9H2,1-4H3,(H,19,20). The number of carbonyl (C=O) groups excluding carboxylic acids is 1. The molecule has 1 fully saturated rings. The number of carboxylic acids is 1. The summed E-state index contributed by atoms with van der Waals surface area (Å²) in [5.41, 5.74) is 1.56. The lowest BCUT2D eigenvalue weighted by molar-refractivity contribution is -0.142. The molecule has 1 aliphatic heterocycles. The van der Waals surface area contributed by atoms with Gasteiger partial charge in [0.25, 0.3) is 0 Å². The zero-order chi connectivity index (χ0) is 15.1. The van der Waals surface area contributed by atoms with Crippen LogP contribution in [0.25, 0.3) is 0 Å². The van der Waals surface area contributed by atoms with E-state index in [2.05, 4.69) is 0 Å². The molecule has 0 bridgehead atoms. The normalized spacial score (nSPS) is 23.2. The molecule has 2 unspecified atom stereocenters. The van der Waals surface area contributed by atoms with Crippen LogP contribution in [-0.4, -0.2) is 27.4 Å². The molecule has 1 amide bonds. The summed E-state index contributed by atoms with van der Waals surface area (Å²) < 4.78 is 0. The van der Waals surface area contributed by atoms with Crippen molar-refractivity contribution in [3.63, 3.8) is 0 Å². The average Bonchev–Trinajstić information content (AvgIpc) is 2.67. The second kappa shape index (κ2) is 4.93. The fourth-order valence-corrected chi connectivity index (χ4v) is 3.02. The molecule has 1 aromatic carbocycles. The van der Waals surface area contributed by atoms with Crippen LogP contribution >= 0.6 is 0 Å². The molecular weight excluding hydrogens is 254 g/mol. The van der Waals surface area contributed by atoms with Gasteiger partial charge in [0, 0.05) is 12.0 Å².